The molecule has 3 aromatic carbocycles. The Hall–Kier alpha value is -3.79. The van der Waals surface area contributed by atoms with E-state index >= 15 is 0 Å². The Morgan fingerprint density at radius 3 is 2.07 bits per heavy atom. The molecule has 0 aliphatic heterocycles. The van der Waals surface area contributed by atoms with Crippen LogP contribution in [0.3, 0.4) is 0 Å². The number of amides is 2. The molecular weight excluding hydrogens is 560 g/mol. The number of benzene rings is 3. The van der Waals surface area contributed by atoms with Gasteiger partial charge >= 0.3 is 0 Å². The molecule has 0 heterocycles. The van der Waals surface area contributed by atoms with Gasteiger partial charge in [-0.1, -0.05) is 55.3 Å². The number of anilines is 1. The van der Waals surface area contributed by atoms with Crippen LogP contribution >= 0.6 is 0 Å². The molecule has 4 rings (SSSR count). The maximum absolute atomic E-state index is 13.9. The fourth-order valence-electron chi connectivity index (χ4n) is 5.32. The van der Waals surface area contributed by atoms with Crippen molar-refractivity contribution in [1.29, 1.82) is 0 Å². The average Bonchev–Trinajstić information content (AvgIpc) is 3.47. The maximum atomic E-state index is 13.9. The summed E-state index contributed by atoms with van der Waals surface area (Å²) in [5.41, 5.74) is 1.86. The minimum absolute atomic E-state index is 0.00177. The van der Waals surface area contributed by atoms with Gasteiger partial charge in [0, 0.05) is 32.0 Å². The van der Waals surface area contributed by atoms with Gasteiger partial charge < -0.3 is 10.2 Å². The van der Waals surface area contributed by atoms with Crippen LogP contribution in [0.2, 0.25) is 0 Å². The molecule has 7 nitrogen and oxygen atoms in total. The molecule has 3 aromatic rings. The molecule has 0 saturated heterocycles. The van der Waals surface area contributed by atoms with Gasteiger partial charge in [-0.3, -0.25) is 13.9 Å². The van der Waals surface area contributed by atoms with E-state index in [0.717, 1.165) is 41.8 Å². The predicted octanol–water partition coefficient (Wildman–Crippen LogP) is 5.21. The molecule has 0 bridgehead atoms. The van der Waals surface area contributed by atoms with E-state index in [2.05, 4.69) is 5.32 Å². The number of hydrogen-bond acceptors (Lipinski definition) is 4. The van der Waals surface area contributed by atoms with Crippen molar-refractivity contribution in [2.75, 3.05) is 17.1 Å². The second-order valence-corrected chi connectivity index (χ2v) is 12.7. The number of sulfonamides is 1. The molecule has 0 radical (unpaired) electrons. The zero-order valence-electron chi connectivity index (χ0n) is 23.7. The molecule has 1 fully saturated rings. The maximum Gasteiger partial charge on any atom is 0.243 e. The van der Waals surface area contributed by atoms with Gasteiger partial charge in [0.2, 0.25) is 21.8 Å². The Morgan fingerprint density at radius 2 is 1.48 bits per heavy atom. The van der Waals surface area contributed by atoms with Crippen molar-refractivity contribution in [2.45, 2.75) is 63.6 Å². The van der Waals surface area contributed by atoms with E-state index in [1.807, 2.05) is 30.3 Å². The van der Waals surface area contributed by atoms with Gasteiger partial charge in [-0.25, -0.2) is 17.2 Å². The van der Waals surface area contributed by atoms with Crippen molar-refractivity contribution in [3.05, 3.63) is 102 Å². The highest BCUT2D eigenvalue weighted by Gasteiger charge is 2.32. The lowest BCUT2D eigenvalue weighted by Crippen LogP contribution is -2.52. The highest BCUT2D eigenvalue weighted by atomic mass is 32.2. The van der Waals surface area contributed by atoms with Crippen molar-refractivity contribution in [1.82, 2.24) is 10.2 Å². The van der Waals surface area contributed by atoms with Crippen LogP contribution in [0.15, 0.2) is 78.9 Å². The van der Waals surface area contributed by atoms with Crippen LogP contribution in [-0.4, -0.2) is 50.0 Å². The lowest BCUT2D eigenvalue weighted by atomic mass is 10.0. The van der Waals surface area contributed by atoms with Crippen LogP contribution in [0.4, 0.5) is 14.5 Å². The van der Waals surface area contributed by atoms with Crippen LogP contribution in [0.1, 0.15) is 49.7 Å². The van der Waals surface area contributed by atoms with Gasteiger partial charge in [0.15, 0.2) is 0 Å². The van der Waals surface area contributed by atoms with Crippen molar-refractivity contribution in [2.24, 2.45) is 0 Å². The Balaban J connectivity index is 1.57. The van der Waals surface area contributed by atoms with Crippen molar-refractivity contribution >= 4 is 27.5 Å². The third kappa shape index (κ3) is 8.85. The van der Waals surface area contributed by atoms with Crippen molar-refractivity contribution in [3.8, 4) is 0 Å². The van der Waals surface area contributed by atoms with E-state index < -0.39 is 27.7 Å². The normalized spacial score (nSPS) is 14.4. The summed E-state index contributed by atoms with van der Waals surface area (Å²) >= 11 is 0. The first-order valence-electron chi connectivity index (χ1n) is 14.2. The monoisotopic (exact) mass is 597 g/mol. The second-order valence-electron chi connectivity index (χ2n) is 10.8. The summed E-state index contributed by atoms with van der Waals surface area (Å²) in [6, 6.07) is 19.6. The zero-order valence-corrected chi connectivity index (χ0v) is 24.5. The topological polar surface area (TPSA) is 86.8 Å². The molecule has 0 unspecified atom stereocenters. The Kier molecular flexibility index (Phi) is 10.7. The zero-order chi connectivity index (χ0) is 30.1. The number of carbonyl (C=O) groups excluding carboxylic acids is 2. The van der Waals surface area contributed by atoms with Crippen molar-refractivity contribution < 1.29 is 26.8 Å². The summed E-state index contributed by atoms with van der Waals surface area (Å²) < 4.78 is 53.3. The Morgan fingerprint density at radius 1 is 0.881 bits per heavy atom. The summed E-state index contributed by atoms with van der Waals surface area (Å²) in [6.45, 7) is 0.0840. The average molecular weight is 598 g/mol. The molecule has 1 aliphatic carbocycles. The van der Waals surface area contributed by atoms with Crippen LogP contribution in [0, 0.1) is 11.6 Å². The van der Waals surface area contributed by atoms with E-state index in [9.17, 15) is 26.8 Å². The third-order valence-electron chi connectivity index (χ3n) is 7.51. The molecule has 1 saturated carbocycles. The van der Waals surface area contributed by atoms with Gasteiger partial charge in [-0.15, -0.1) is 0 Å². The summed E-state index contributed by atoms with van der Waals surface area (Å²) in [7, 11) is -3.70. The minimum Gasteiger partial charge on any atom is -0.352 e. The lowest BCUT2D eigenvalue weighted by Gasteiger charge is -2.33. The van der Waals surface area contributed by atoms with E-state index in [1.165, 1.54) is 41.3 Å². The Bertz CT molecular complexity index is 1430. The van der Waals surface area contributed by atoms with E-state index in [4.69, 9.17) is 0 Å². The van der Waals surface area contributed by atoms with Crippen LogP contribution in [-0.2, 0) is 32.6 Å². The quantitative estimate of drug-likeness (QED) is 0.293. The number of carbonyl (C=O) groups is 2. The molecule has 10 heteroatoms. The Labute approximate surface area is 246 Å². The van der Waals surface area contributed by atoms with Gasteiger partial charge in [0.1, 0.15) is 17.7 Å². The molecule has 42 heavy (non-hydrogen) atoms. The number of rotatable bonds is 13. The molecule has 0 spiro atoms. The van der Waals surface area contributed by atoms with E-state index in [-0.39, 0.29) is 50.2 Å². The van der Waals surface area contributed by atoms with E-state index in [0.29, 0.717) is 11.3 Å². The molecular formula is C32H37F2N3O4S. The molecule has 1 aliphatic rings. The van der Waals surface area contributed by atoms with Gasteiger partial charge in [0.25, 0.3) is 0 Å². The molecule has 1 N–H and O–H groups in total. The second kappa shape index (κ2) is 14.4. The predicted molar refractivity (Wildman–Crippen MR) is 159 cm³/mol. The first-order chi connectivity index (χ1) is 20.1. The minimum atomic E-state index is -3.70. The van der Waals surface area contributed by atoms with Crippen molar-refractivity contribution in [3.63, 3.8) is 0 Å². The standard InChI is InChI=1S/C32H37F2N3O4S/c1-42(40,41)37(29-19-17-27(34)18-20-29)21-7-12-31(38)36(23-25-13-15-26(33)16-14-25)30(22-24-8-3-2-4-9-24)32(39)35-28-10-5-6-11-28/h2-4,8-9,13-20,28,30H,5-7,10-12,21-23H2,1H3,(H,35,39)/t30-/m0/s1. The van der Waals surface area contributed by atoms with Crippen LogP contribution in [0.5, 0.6) is 0 Å². The highest BCUT2D eigenvalue weighted by Crippen LogP contribution is 2.22. The smallest absolute Gasteiger partial charge is 0.243 e. The molecule has 2 amide bonds. The first kappa shape index (κ1) is 31.2. The molecule has 224 valence electrons. The summed E-state index contributed by atoms with van der Waals surface area (Å²) in [5, 5.41) is 3.14. The van der Waals surface area contributed by atoms with Crippen LogP contribution in [0.25, 0.3) is 0 Å². The van der Waals surface area contributed by atoms with Gasteiger partial charge in [0.05, 0.1) is 11.9 Å². The molecule has 0 aromatic heterocycles. The molecule has 1 atom stereocenters. The summed E-state index contributed by atoms with van der Waals surface area (Å²) in [5.74, 6) is -1.46. The van der Waals surface area contributed by atoms with Gasteiger partial charge in [-0.05, 0) is 66.8 Å². The highest BCUT2D eigenvalue weighted by molar-refractivity contribution is 7.92. The summed E-state index contributed by atoms with van der Waals surface area (Å²) in [4.78, 5) is 29.1. The number of nitrogens with one attached hydrogen (secondary N) is 1. The van der Waals surface area contributed by atoms with Crippen LogP contribution < -0.4 is 9.62 Å². The number of halogens is 2. The first-order valence-corrected chi connectivity index (χ1v) is 16.1. The largest absolute Gasteiger partial charge is 0.352 e. The fraction of sp³-hybridized carbons (Fsp3) is 0.375. The fourth-order valence-corrected chi connectivity index (χ4v) is 6.28. The van der Waals surface area contributed by atoms with E-state index in [1.54, 1.807) is 12.1 Å². The number of nitrogens with zero attached hydrogens (tertiary/aromatic N) is 2. The summed E-state index contributed by atoms with van der Waals surface area (Å²) in [6.07, 6.45) is 5.34. The van der Waals surface area contributed by atoms with Gasteiger partial charge in [-0.2, -0.15) is 0 Å². The number of hydrogen-bond donors (Lipinski definition) is 1. The lowest BCUT2D eigenvalue weighted by molar-refractivity contribution is -0.141. The third-order valence-corrected chi connectivity index (χ3v) is 8.70. The SMILES string of the molecule is CS(=O)(=O)N(CCCC(=O)N(Cc1ccc(F)cc1)[C@@H](Cc1ccccc1)C(=O)NC1CCCC1)c1ccc(F)cc1.